The number of amides is 3. The van der Waals surface area contributed by atoms with Crippen LogP contribution in [0.3, 0.4) is 0 Å². The molecule has 1 aliphatic rings. The van der Waals surface area contributed by atoms with E-state index < -0.39 is 0 Å². The topological polar surface area (TPSA) is 70.7 Å². The van der Waals surface area contributed by atoms with Crippen LogP contribution in [0.4, 0.5) is 14.2 Å². The first-order valence-corrected chi connectivity index (χ1v) is 9.75. The van der Waals surface area contributed by atoms with E-state index in [1.165, 1.54) is 23.5 Å². The zero-order chi connectivity index (χ0) is 19.1. The van der Waals surface area contributed by atoms with Crippen LogP contribution >= 0.6 is 11.3 Å². The third-order valence-corrected chi connectivity index (χ3v) is 5.10. The van der Waals surface area contributed by atoms with E-state index in [1.807, 2.05) is 17.5 Å². The number of nitrogens with one attached hydrogen (secondary N) is 2. The number of hydrogen-bond acceptors (Lipinski definition) is 4. The van der Waals surface area contributed by atoms with Gasteiger partial charge in [0.25, 0.3) is 0 Å². The van der Waals surface area contributed by atoms with Crippen LogP contribution in [0.15, 0.2) is 41.8 Å². The first-order chi connectivity index (χ1) is 13.1. The van der Waals surface area contributed by atoms with Crippen molar-refractivity contribution in [2.45, 2.75) is 12.8 Å². The van der Waals surface area contributed by atoms with Crippen molar-refractivity contribution >= 4 is 28.3 Å². The maximum absolute atomic E-state index is 12.8. The Bertz CT molecular complexity index is 752. The molecule has 1 fully saturated rings. The quantitative estimate of drug-likeness (QED) is 0.742. The van der Waals surface area contributed by atoms with Crippen molar-refractivity contribution in [2.24, 2.45) is 5.92 Å². The summed E-state index contributed by atoms with van der Waals surface area (Å²) in [7, 11) is 0. The average Bonchev–Trinajstić information content (AvgIpc) is 3.19. The second-order valence-corrected chi connectivity index (χ2v) is 7.23. The lowest BCUT2D eigenvalue weighted by molar-refractivity contribution is -0.126. The maximum Gasteiger partial charge on any atom is 0.322 e. The molecule has 0 spiro atoms. The van der Waals surface area contributed by atoms with Gasteiger partial charge < -0.3 is 15.0 Å². The molecule has 1 atom stereocenters. The number of halogens is 1. The Kier molecular flexibility index (Phi) is 6.64. The van der Waals surface area contributed by atoms with Crippen LogP contribution in [-0.4, -0.2) is 43.1 Å². The van der Waals surface area contributed by atoms with E-state index in [0.717, 1.165) is 17.8 Å². The molecule has 2 heterocycles. The Morgan fingerprint density at radius 1 is 1.26 bits per heavy atom. The molecule has 144 valence electrons. The van der Waals surface area contributed by atoms with Gasteiger partial charge in [-0.05, 0) is 54.6 Å². The monoisotopic (exact) mass is 391 g/mol. The second kappa shape index (κ2) is 9.36. The largest absolute Gasteiger partial charge is 0.492 e. The predicted octanol–water partition coefficient (Wildman–Crippen LogP) is 3.33. The summed E-state index contributed by atoms with van der Waals surface area (Å²) in [5.41, 5.74) is 0. The molecule has 0 bridgehead atoms. The van der Waals surface area contributed by atoms with Crippen LogP contribution in [0, 0.1) is 11.7 Å². The van der Waals surface area contributed by atoms with Crippen molar-refractivity contribution < 1.29 is 18.7 Å². The molecule has 1 unspecified atom stereocenters. The zero-order valence-corrected chi connectivity index (χ0v) is 15.6. The summed E-state index contributed by atoms with van der Waals surface area (Å²) in [6, 6.07) is 9.29. The van der Waals surface area contributed by atoms with Gasteiger partial charge in [0.2, 0.25) is 5.91 Å². The molecule has 6 nitrogen and oxygen atoms in total. The number of carbonyl (C=O) groups is 2. The van der Waals surface area contributed by atoms with E-state index in [1.54, 1.807) is 17.0 Å². The third kappa shape index (κ3) is 5.68. The number of likely N-dealkylation sites (tertiary alicyclic amines) is 1. The van der Waals surface area contributed by atoms with Crippen molar-refractivity contribution in [1.29, 1.82) is 0 Å². The molecule has 0 radical (unpaired) electrons. The fourth-order valence-electron chi connectivity index (χ4n) is 2.93. The summed E-state index contributed by atoms with van der Waals surface area (Å²) in [6.07, 6.45) is 1.55. The van der Waals surface area contributed by atoms with Gasteiger partial charge in [0.15, 0.2) is 0 Å². The molecule has 1 aromatic carbocycles. The molecule has 0 saturated carbocycles. The highest BCUT2D eigenvalue weighted by Crippen LogP contribution is 2.20. The lowest BCUT2D eigenvalue weighted by Crippen LogP contribution is -2.47. The minimum atomic E-state index is -0.319. The van der Waals surface area contributed by atoms with Gasteiger partial charge in [0.05, 0.1) is 17.5 Å². The van der Waals surface area contributed by atoms with Gasteiger partial charge in [0, 0.05) is 13.1 Å². The molecule has 1 aliphatic heterocycles. The standard InChI is InChI=1S/C19H22FN3O3S/c20-15-5-7-16(8-6-15)26-11-9-21-18(24)14-3-1-10-23(13-14)19(25)22-17-4-2-12-27-17/h2,4-8,12,14H,1,3,9-11,13H2,(H,21,24)(H,22,25). The molecule has 2 aromatic rings. The van der Waals surface area contributed by atoms with Crippen molar-refractivity contribution in [1.82, 2.24) is 10.2 Å². The van der Waals surface area contributed by atoms with Gasteiger partial charge in [-0.25, -0.2) is 9.18 Å². The lowest BCUT2D eigenvalue weighted by atomic mass is 9.97. The number of carbonyl (C=O) groups excluding carboxylic acids is 2. The number of nitrogens with zero attached hydrogens (tertiary/aromatic N) is 1. The average molecular weight is 391 g/mol. The molecule has 27 heavy (non-hydrogen) atoms. The third-order valence-electron chi connectivity index (χ3n) is 4.31. The Hall–Kier alpha value is -2.61. The van der Waals surface area contributed by atoms with Crippen LogP contribution in [0.25, 0.3) is 0 Å². The Morgan fingerprint density at radius 3 is 2.81 bits per heavy atom. The highest BCUT2D eigenvalue weighted by atomic mass is 32.1. The summed E-state index contributed by atoms with van der Waals surface area (Å²) in [5, 5.41) is 8.39. The van der Waals surface area contributed by atoms with E-state index in [2.05, 4.69) is 10.6 Å². The zero-order valence-electron chi connectivity index (χ0n) is 14.8. The Morgan fingerprint density at radius 2 is 2.07 bits per heavy atom. The molecule has 3 amide bonds. The van der Waals surface area contributed by atoms with Crippen LogP contribution < -0.4 is 15.4 Å². The van der Waals surface area contributed by atoms with Crippen LogP contribution in [0.1, 0.15) is 12.8 Å². The fraction of sp³-hybridized carbons (Fsp3) is 0.368. The van der Waals surface area contributed by atoms with Crippen molar-refractivity contribution in [2.75, 3.05) is 31.6 Å². The number of piperidine rings is 1. The van der Waals surface area contributed by atoms with Crippen molar-refractivity contribution in [3.05, 3.63) is 47.6 Å². The number of benzene rings is 1. The van der Waals surface area contributed by atoms with Crippen LogP contribution in [0.5, 0.6) is 5.75 Å². The lowest BCUT2D eigenvalue weighted by Gasteiger charge is -2.31. The first-order valence-electron chi connectivity index (χ1n) is 8.87. The van der Waals surface area contributed by atoms with Crippen LogP contribution in [0.2, 0.25) is 0 Å². The summed E-state index contributed by atoms with van der Waals surface area (Å²) in [4.78, 5) is 26.4. The van der Waals surface area contributed by atoms with E-state index in [0.29, 0.717) is 32.0 Å². The van der Waals surface area contributed by atoms with Gasteiger partial charge in [-0.3, -0.25) is 10.1 Å². The molecule has 1 aromatic heterocycles. The highest BCUT2D eigenvalue weighted by Gasteiger charge is 2.28. The molecule has 0 aliphatic carbocycles. The summed E-state index contributed by atoms with van der Waals surface area (Å²) in [6.45, 7) is 1.71. The Labute approximate surface area is 161 Å². The van der Waals surface area contributed by atoms with Gasteiger partial charge in [-0.15, -0.1) is 11.3 Å². The number of anilines is 1. The van der Waals surface area contributed by atoms with E-state index >= 15 is 0 Å². The van der Waals surface area contributed by atoms with Gasteiger partial charge in [-0.1, -0.05) is 0 Å². The smallest absolute Gasteiger partial charge is 0.322 e. The minimum absolute atomic E-state index is 0.0775. The normalized spacial score (nSPS) is 16.6. The maximum atomic E-state index is 12.8. The molecule has 2 N–H and O–H groups in total. The van der Waals surface area contributed by atoms with E-state index in [9.17, 15) is 14.0 Å². The Balaban J connectivity index is 1.40. The van der Waals surface area contributed by atoms with E-state index in [4.69, 9.17) is 4.74 Å². The minimum Gasteiger partial charge on any atom is -0.492 e. The molecular weight excluding hydrogens is 369 g/mol. The number of rotatable bonds is 6. The van der Waals surface area contributed by atoms with Crippen molar-refractivity contribution in [3.8, 4) is 5.75 Å². The fourth-order valence-corrected chi connectivity index (χ4v) is 3.54. The van der Waals surface area contributed by atoms with Gasteiger partial charge >= 0.3 is 6.03 Å². The van der Waals surface area contributed by atoms with Crippen LogP contribution in [-0.2, 0) is 4.79 Å². The molecule has 3 rings (SSSR count). The van der Waals surface area contributed by atoms with Crippen molar-refractivity contribution in [3.63, 3.8) is 0 Å². The summed E-state index contributed by atoms with van der Waals surface area (Å²) < 4.78 is 18.3. The summed E-state index contributed by atoms with van der Waals surface area (Å²) in [5.74, 6) is -0.0645. The second-order valence-electron chi connectivity index (χ2n) is 6.29. The number of hydrogen-bond donors (Lipinski definition) is 2. The molecule has 8 heteroatoms. The first kappa shape index (κ1) is 19.2. The SMILES string of the molecule is O=C(NCCOc1ccc(F)cc1)C1CCCN(C(=O)Nc2cccs2)C1. The molecule has 1 saturated heterocycles. The predicted molar refractivity (Wildman–Crippen MR) is 103 cm³/mol. The summed E-state index contributed by atoms with van der Waals surface area (Å²) >= 11 is 1.46. The van der Waals surface area contributed by atoms with Gasteiger partial charge in [-0.2, -0.15) is 0 Å². The number of thiophene rings is 1. The molecular formula is C19H22FN3O3S. The number of ether oxygens (including phenoxy) is 1. The van der Waals surface area contributed by atoms with Gasteiger partial charge in [0.1, 0.15) is 18.2 Å². The van der Waals surface area contributed by atoms with E-state index in [-0.39, 0.29) is 23.7 Å². The highest BCUT2D eigenvalue weighted by molar-refractivity contribution is 7.14. The number of urea groups is 1.